The number of carbonyl (C=O) groups is 3. The number of benzene rings is 2. The summed E-state index contributed by atoms with van der Waals surface area (Å²) in [7, 11) is 0. The Bertz CT molecular complexity index is 783. The van der Waals surface area contributed by atoms with Gasteiger partial charge in [0.15, 0.2) is 0 Å². The number of aryl methyl sites for hydroxylation is 2. The van der Waals surface area contributed by atoms with E-state index in [0.717, 1.165) is 12.0 Å². The SMILES string of the molecule is CCc1ccc(CCC(=O)Nc2ccc(C(=O)NCCC(=O)O)cc2)cc1. The molecule has 2 aromatic rings. The van der Waals surface area contributed by atoms with Crippen LogP contribution in [0.15, 0.2) is 48.5 Å². The summed E-state index contributed by atoms with van der Waals surface area (Å²) in [6.45, 7) is 2.18. The third-order valence-electron chi connectivity index (χ3n) is 4.13. The van der Waals surface area contributed by atoms with Crippen LogP contribution in [0.4, 0.5) is 5.69 Å². The molecular formula is C21H24N2O4. The summed E-state index contributed by atoms with van der Waals surface area (Å²) >= 11 is 0. The van der Waals surface area contributed by atoms with Crippen LogP contribution in [0.1, 0.15) is 41.3 Å². The average molecular weight is 368 g/mol. The highest BCUT2D eigenvalue weighted by Crippen LogP contribution is 2.12. The Hall–Kier alpha value is -3.15. The lowest BCUT2D eigenvalue weighted by atomic mass is 10.1. The summed E-state index contributed by atoms with van der Waals surface area (Å²) in [5, 5.41) is 13.9. The first-order chi connectivity index (χ1) is 13.0. The molecule has 27 heavy (non-hydrogen) atoms. The van der Waals surface area contributed by atoms with Crippen molar-refractivity contribution in [3.8, 4) is 0 Å². The Kier molecular flexibility index (Phi) is 7.55. The fourth-order valence-corrected chi connectivity index (χ4v) is 2.51. The zero-order chi connectivity index (χ0) is 19.6. The zero-order valence-corrected chi connectivity index (χ0v) is 15.3. The molecule has 0 bridgehead atoms. The smallest absolute Gasteiger partial charge is 0.305 e. The van der Waals surface area contributed by atoms with E-state index in [1.54, 1.807) is 24.3 Å². The van der Waals surface area contributed by atoms with Crippen LogP contribution >= 0.6 is 0 Å². The Morgan fingerprint density at radius 1 is 0.889 bits per heavy atom. The van der Waals surface area contributed by atoms with Crippen molar-refractivity contribution in [3.63, 3.8) is 0 Å². The van der Waals surface area contributed by atoms with E-state index in [2.05, 4.69) is 29.7 Å². The maximum atomic E-state index is 12.1. The first-order valence-electron chi connectivity index (χ1n) is 8.95. The molecule has 0 aliphatic rings. The summed E-state index contributed by atoms with van der Waals surface area (Å²) in [6, 6.07) is 14.7. The van der Waals surface area contributed by atoms with Crippen LogP contribution < -0.4 is 10.6 Å². The van der Waals surface area contributed by atoms with Gasteiger partial charge in [0.05, 0.1) is 6.42 Å². The largest absolute Gasteiger partial charge is 0.481 e. The van der Waals surface area contributed by atoms with Crippen molar-refractivity contribution in [3.05, 3.63) is 65.2 Å². The highest BCUT2D eigenvalue weighted by Gasteiger charge is 2.07. The number of anilines is 1. The molecule has 2 rings (SSSR count). The van der Waals surface area contributed by atoms with Crippen molar-refractivity contribution in [2.45, 2.75) is 32.6 Å². The molecule has 0 spiro atoms. The van der Waals surface area contributed by atoms with E-state index in [-0.39, 0.29) is 24.8 Å². The van der Waals surface area contributed by atoms with Crippen LogP contribution in [0.5, 0.6) is 0 Å². The molecule has 0 saturated heterocycles. The molecule has 0 fully saturated rings. The van der Waals surface area contributed by atoms with Crippen LogP contribution in [-0.4, -0.2) is 29.4 Å². The van der Waals surface area contributed by atoms with E-state index in [9.17, 15) is 14.4 Å². The van der Waals surface area contributed by atoms with Gasteiger partial charge in [-0.25, -0.2) is 0 Å². The molecule has 2 amide bonds. The third kappa shape index (κ3) is 6.93. The van der Waals surface area contributed by atoms with Crippen LogP contribution in [0.3, 0.4) is 0 Å². The number of carboxylic acid groups (broad SMARTS) is 1. The maximum Gasteiger partial charge on any atom is 0.305 e. The molecule has 2 aromatic carbocycles. The van der Waals surface area contributed by atoms with Gasteiger partial charge in [-0.3, -0.25) is 14.4 Å². The van der Waals surface area contributed by atoms with Gasteiger partial charge in [-0.1, -0.05) is 31.2 Å². The second-order valence-corrected chi connectivity index (χ2v) is 6.20. The molecular weight excluding hydrogens is 344 g/mol. The van der Waals surface area contributed by atoms with Crippen molar-refractivity contribution < 1.29 is 19.5 Å². The number of carbonyl (C=O) groups excluding carboxylic acids is 2. The number of hydrogen-bond donors (Lipinski definition) is 3. The van der Waals surface area contributed by atoms with E-state index in [4.69, 9.17) is 5.11 Å². The fraction of sp³-hybridized carbons (Fsp3) is 0.286. The molecule has 0 heterocycles. The number of nitrogens with one attached hydrogen (secondary N) is 2. The first-order valence-corrected chi connectivity index (χ1v) is 8.95. The Balaban J connectivity index is 1.79. The van der Waals surface area contributed by atoms with Crippen molar-refractivity contribution >= 4 is 23.5 Å². The van der Waals surface area contributed by atoms with E-state index in [1.807, 2.05) is 12.1 Å². The van der Waals surface area contributed by atoms with Gasteiger partial charge in [0.2, 0.25) is 5.91 Å². The standard InChI is InChI=1S/C21H24N2O4/c1-2-15-3-5-16(6-4-15)7-12-19(24)23-18-10-8-17(9-11-18)21(27)22-14-13-20(25)26/h3-6,8-11H,2,7,12-14H2,1H3,(H,22,27)(H,23,24)(H,25,26). The molecule has 0 unspecified atom stereocenters. The zero-order valence-electron chi connectivity index (χ0n) is 15.3. The van der Waals surface area contributed by atoms with Crippen LogP contribution in [-0.2, 0) is 22.4 Å². The van der Waals surface area contributed by atoms with Gasteiger partial charge in [0.1, 0.15) is 0 Å². The molecule has 0 aliphatic heterocycles. The summed E-state index contributed by atoms with van der Waals surface area (Å²) in [5.74, 6) is -1.40. The number of hydrogen-bond acceptors (Lipinski definition) is 3. The molecule has 3 N–H and O–H groups in total. The molecule has 0 aromatic heterocycles. The fourth-order valence-electron chi connectivity index (χ4n) is 2.51. The van der Waals surface area contributed by atoms with Gasteiger partial charge in [-0.05, 0) is 48.2 Å². The molecule has 0 atom stereocenters. The average Bonchev–Trinajstić information content (AvgIpc) is 2.67. The minimum absolute atomic E-state index is 0.0753. The van der Waals surface area contributed by atoms with Gasteiger partial charge >= 0.3 is 5.97 Å². The predicted molar refractivity (Wildman–Crippen MR) is 104 cm³/mol. The molecule has 0 radical (unpaired) electrons. The van der Waals surface area contributed by atoms with Crippen molar-refractivity contribution in [1.29, 1.82) is 0 Å². The van der Waals surface area contributed by atoms with E-state index >= 15 is 0 Å². The normalized spacial score (nSPS) is 10.3. The van der Waals surface area contributed by atoms with Gasteiger partial charge in [-0.15, -0.1) is 0 Å². The summed E-state index contributed by atoms with van der Waals surface area (Å²) in [4.78, 5) is 34.4. The molecule has 0 aliphatic carbocycles. The lowest BCUT2D eigenvalue weighted by Crippen LogP contribution is -2.25. The first kappa shape index (κ1) is 20.2. The number of carboxylic acids is 1. The van der Waals surface area contributed by atoms with Gasteiger partial charge in [-0.2, -0.15) is 0 Å². The minimum Gasteiger partial charge on any atom is -0.481 e. The maximum absolute atomic E-state index is 12.1. The summed E-state index contributed by atoms with van der Waals surface area (Å²) in [6.07, 6.45) is 1.91. The lowest BCUT2D eigenvalue weighted by molar-refractivity contribution is -0.136. The van der Waals surface area contributed by atoms with E-state index < -0.39 is 5.97 Å². The molecule has 142 valence electrons. The second-order valence-electron chi connectivity index (χ2n) is 6.20. The van der Waals surface area contributed by atoms with Gasteiger partial charge < -0.3 is 15.7 Å². The lowest BCUT2D eigenvalue weighted by Gasteiger charge is -2.08. The van der Waals surface area contributed by atoms with Crippen LogP contribution in [0, 0.1) is 0 Å². The van der Waals surface area contributed by atoms with E-state index in [0.29, 0.717) is 24.1 Å². The topological polar surface area (TPSA) is 95.5 Å². The summed E-state index contributed by atoms with van der Waals surface area (Å²) < 4.78 is 0. The quantitative estimate of drug-likeness (QED) is 0.634. The van der Waals surface area contributed by atoms with Crippen molar-refractivity contribution in [2.24, 2.45) is 0 Å². The monoisotopic (exact) mass is 368 g/mol. The molecule has 6 heteroatoms. The van der Waals surface area contributed by atoms with Gasteiger partial charge in [0.25, 0.3) is 5.91 Å². The van der Waals surface area contributed by atoms with Crippen LogP contribution in [0.25, 0.3) is 0 Å². The second kappa shape index (κ2) is 10.1. The van der Waals surface area contributed by atoms with Crippen LogP contribution in [0.2, 0.25) is 0 Å². The minimum atomic E-state index is -0.963. The predicted octanol–water partition coefficient (Wildman–Crippen LogP) is 3.02. The Morgan fingerprint density at radius 3 is 2.11 bits per heavy atom. The number of aliphatic carboxylic acids is 1. The van der Waals surface area contributed by atoms with Gasteiger partial charge in [0, 0.05) is 24.2 Å². The molecule has 6 nitrogen and oxygen atoms in total. The Morgan fingerprint density at radius 2 is 1.52 bits per heavy atom. The third-order valence-corrected chi connectivity index (χ3v) is 4.13. The van der Waals surface area contributed by atoms with E-state index in [1.165, 1.54) is 5.56 Å². The number of amides is 2. The Labute approximate surface area is 158 Å². The van der Waals surface area contributed by atoms with Crippen molar-refractivity contribution in [2.75, 3.05) is 11.9 Å². The highest BCUT2D eigenvalue weighted by atomic mass is 16.4. The summed E-state index contributed by atoms with van der Waals surface area (Å²) in [5.41, 5.74) is 3.42. The molecule has 0 saturated carbocycles. The number of rotatable bonds is 9. The van der Waals surface area contributed by atoms with Crippen molar-refractivity contribution in [1.82, 2.24) is 5.32 Å². The highest BCUT2D eigenvalue weighted by molar-refractivity contribution is 5.96.